The number of benzene rings is 2. The zero-order valence-electron chi connectivity index (χ0n) is 23.0. The largest absolute Gasteiger partial charge is 0.491 e. The minimum Gasteiger partial charge on any atom is -0.491 e. The topological polar surface area (TPSA) is 103 Å². The van der Waals surface area contributed by atoms with Gasteiger partial charge in [-0.2, -0.15) is 10.1 Å². The third-order valence-corrected chi connectivity index (χ3v) is 7.60. The average molecular weight is 559 g/mol. The number of rotatable bonds is 7. The molecule has 2 aliphatic rings. The van der Waals surface area contributed by atoms with E-state index in [4.69, 9.17) is 9.47 Å². The summed E-state index contributed by atoms with van der Waals surface area (Å²) in [7, 11) is 0. The van der Waals surface area contributed by atoms with E-state index in [9.17, 15) is 14.4 Å². The van der Waals surface area contributed by atoms with Gasteiger partial charge < -0.3 is 9.47 Å². The van der Waals surface area contributed by atoms with E-state index in [1.807, 2.05) is 56.3 Å². The van der Waals surface area contributed by atoms with Crippen LogP contribution in [-0.2, 0) is 14.3 Å². The Labute approximate surface area is 235 Å². The lowest BCUT2D eigenvalue weighted by Crippen LogP contribution is -2.40. The van der Waals surface area contributed by atoms with Gasteiger partial charge in [-0.15, -0.1) is 0 Å². The van der Waals surface area contributed by atoms with Crippen molar-refractivity contribution < 1.29 is 19.1 Å². The number of allylic oxidation sites excluding steroid dienone is 1. The number of nitrogens with zero attached hydrogens (tertiary/aromatic N) is 4. The van der Waals surface area contributed by atoms with E-state index in [1.54, 1.807) is 39.0 Å². The predicted molar refractivity (Wildman–Crippen MR) is 154 cm³/mol. The van der Waals surface area contributed by atoms with Gasteiger partial charge in [0.2, 0.25) is 0 Å². The molecule has 2 aliphatic heterocycles. The number of carbonyl (C=O) groups excluding carboxylic acids is 2. The molecule has 0 aliphatic carbocycles. The molecular weight excluding hydrogens is 528 g/mol. The highest BCUT2D eigenvalue weighted by Gasteiger charge is 2.36. The summed E-state index contributed by atoms with van der Waals surface area (Å²) in [5.74, 6) is -0.941. The normalized spacial score (nSPS) is 19.1. The number of esters is 1. The van der Waals surface area contributed by atoms with Crippen molar-refractivity contribution in [2.45, 2.75) is 46.8 Å². The Hall–Kier alpha value is -4.31. The number of fused-ring (bicyclic) bond motifs is 1. The van der Waals surface area contributed by atoms with Gasteiger partial charge in [0, 0.05) is 5.56 Å². The molecule has 2 atom stereocenters. The van der Waals surface area contributed by atoms with Crippen LogP contribution in [0.4, 0.5) is 5.69 Å². The van der Waals surface area contributed by atoms with Crippen molar-refractivity contribution in [3.05, 3.63) is 91.1 Å². The van der Waals surface area contributed by atoms with Crippen LogP contribution in [0.3, 0.4) is 0 Å². The van der Waals surface area contributed by atoms with Crippen molar-refractivity contribution in [2.24, 2.45) is 16.0 Å². The van der Waals surface area contributed by atoms with Gasteiger partial charge in [-0.05, 0) is 58.9 Å². The van der Waals surface area contributed by atoms with Crippen molar-refractivity contribution in [1.82, 2.24) is 4.57 Å². The molecule has 10 heteroatoms. The molecule has 0 spiro atoms. The number of carbonyl (C=O) groups is 2. The smallest absolute Gasteiger partial charge is 0.338 e. The number of aromatic nitrogens is 1. The Morgan fingerprint density at radius 1 is 1.07 bits per heavy atom. The third kappa shape index (κ3) is 4.90. The summed E-state index contributed by atoms with van der Waals surface area (Å²) in [6.07, 6.45) is 1.52. The summed E-state index contributed by atoms with van der Waals surface area (Å²) in [4.78, 5) is 45.6. The molecule has 206 valence electrons. The second-order valence-electron chi connectivity index (χ2n) is 9.73. The molecule has 3 heterocycles. The Bertz CT molecular complexity index is 1720. The minimum atomic E-state index is -0.817. The number of para-hydroxylation sites is 2. The molecule has 9 nitrogen and oxygen atoms in total. The van der Waals surface area contributed by atoms with Crippen molar-refractivity contribution >= 4 is 40.7 Å². The zero-order chi connectivity index (χ0) is 28.6. The van der Waals surface area contributed by atoms with Gasteiger partial charge in [0.1, 0.15) is 17.7 Å². The molecule has 3 aromatic rings. The van der Waals surface area contributed by atoms with E-state index in [1.165, 1.54) is 20.9 Å². The van der Waals surface area contributed by atoms with Crippen LogP contribution in [0.1, 0.15) is 46.2 Å². The quantitative estimate of drug-likeness (QED) is 0.413. The van der Waals surface area contributed by atoms with Crippen LogP contribution in [0.25, 0.3) is 6.08 Å². The van der Waals surface area contributed by atoms with Gasteiger partial charge in [-0.1, -0.05) is 47.7 Å². The number of hydrogen-bond acceptors (Lipinski definition) is 8. The predicted octanol–water partition coefficient (Wildman–Crippen LogP) is 3.58. The fourth-order valence-electron chi connectivity index (χ4n) is 4.84. The number of amides is 1. The molecular formula is C30H30N4O5S. The van der Waals surface area contributed by atoms with Crippen molar-refractivity contribution in [3.63, 3.8) is 0 Å². The Morgan fingerprint density at radius 2 is 1.77 bits per heavy atom. The molecule has 0 radical (unpaired) electrons. The maximum atomic E-state index is 14.0. The van der Waals surface area contributed by atoms with Crippen molar-refractivity contribution in [3.8, 4) is 5.75 Å². The lowest BCUT2D eigenvalue weighted by atomic mass is 9.95. The molecule has 2 aromatic carbocycles. The fraction of sp³-hybridized carbons (Fsp3) is 0.300. The summed E-state index contributed by atoms with van der Waals surface area (Å²) >= 11 is 1.17. The van der Waals surface area contributed by atoms with Gasteiger partial charge in [0.15, 0.2) is 4.80 Å². The van der Waals surface area contributed by atoms with Crippen LogP contribution in [0, 0.1) is 5.92 Å². The van der Waals surface area contributed by atoms with Crippen LogP contribution in [0.2, 0.25) is 0 Å². The number of ether oxygens (including phenoxy) is 2. The number of hydrazone groups is 1. The van der Waals surface area contributed by atoms with Gasteiger partial charge in [0.25, 0.3) is 11.5 Å². The minimum absolute atomic E-state index is 0.128. The molecule has 0 saturated carbocycles. The zero-order valence-corrected chi connectivity index (χ0v) is 23.8. The highest BCUT2D eigenvalue weighted by molar-refractivity contribution is 7.07. The monoisotopic (exact) mass is 558 g/mol. The molecule has 0 saturated heterocycles. The van der Waals surface area contributed by atoms with Crippen molar-refractivity contribution in [2.75, 3.05) is 11.6 Å². The molecule has 1 aromatic heterocycles. The molecule has 0 unspecified atom stereocenters. The number of anilines is 1. The molecule has 0 fully saturated rings. The molecule has 5 rings (SSSR count). The molecule has 1 amide bonds. The molecule has 0 N–H and O–H groups in total. The van der Waals surface area contributed by atoms with Crippen LogP contribution < -0.4 is 24.6 Å². The van der Waals surface area contributed by atoms with E-state index < -0.39 is 17.9 Å². The average Bonchev–Trinajstić information content (AvgIpc) is 3.38. The number of hydrogen-bond donors (Lipinski definition) is 0. The maximum Gasteiger partial charge on any atom is 0.338 e. The first-order valence-electron chi connectivity index (χ1n) is 13.1. The van der Waals surface area contributed by atoms with Gasteiger partial charge in [-0.3, -0.25) is 14.2 Å². The Morgan fingerprint density at radius 3 is 2.48 bits per heavy atom. The van der Waals surface area contributed by atoms with Gasteiger partial charge in [0.05, 0.1) is 39.9 Å². The number of thiazole rings is 1. The summed E-state index contributed by atoms with van der Waals surface area (Å²) in [5.41, 5.74) is 2.24. The van der Waals surface area contributed by atoms with E-state index in [2.05, 4.69) is 10.1 Å². The summed E-state index contributed by atoms with van der Waals surface area (Å²) in [5, 5.41) is 5.81. The second-order valence-corrected chi connectivity index (χ2v) is 10.7. The molecule has 0 bridgehead atoms. The van der Waals surface area contributed by atoms with Crippen LogP contribution >= 0.6 is 11.3 Å². The fourth-order valence-corrected chi connectivity index (χ4v) is 5.90. The van der Waals surface area contributed by atoms with E-state index in [0.29, 0.717) is 37.7 Å². The molecule has 40 heavy (non-hydrogen) atoms. The highest BCUT2D eigenvalue weighted by Crippen LogP contribution is 2.36. The Kier molecular flexibility index (Phi) is 7.53. The first-order chi connectivity index (χ1) is 19.2. The lowest BCUT2D eigenvalue weighted by molar-refractivity contribution is -0.139. The standard InChI is InChI=1S/C30H30N4O5S/c1-6-38-29(37)25-19(5)31-30-33(26(25)21-14-10-11-15-23(21)39-17(2)3)28(36)24(40-30)16-22-18(4)32-34(27(22)35)20-12-8-7-9-13-20/h7-17,22,26H,6H2,1-5H3/b24-16+/t22-,26+/m0/s1. The summed E-state index contributed by atoms with van der Waals surface area (Å²) < 4.78 is 13.3. The maximum absolute atomic E-state index is 14.0. The van der Waals surface area contributed by atoms with Gasteiger partial charge in [-0.25, -0.2) is 9.79 Å². The van der Waals surface area contributed by atoms with Gasteiger partial charge >= 0.3 is 5.97 Å². The summed E-state index contributed by atoms with van der Waals surface area (Å²) in [6, 6.07) is 15.7. The summed E-state index contributed by atoms with van der Waals surface area (Å²) in [6.45, 7) is 9.24. The highest BCUT2D eigenvalue weighted by atomic mass is 32.1. The first kappa shape index (κ1) is 27.3. The first-order valence-corrected chi connectivity index (χ1v) is 13.9. The third-order valence-electron chi connectivity index (χ3n) is 6.59. The van der Waals surface area contributed by atoms with Crippen molar-refractivity contribution in [1.29, 1.82) is 0 Å². The Balaban J connectivity index is 1.66. The van der Waals surface area contributed by atoms with E-state index in [-0.39, 0.29) is 29.8 Å². The van der Waals surface area contributed by atoms with Crippen LogP contribution in [0.5, 0.6) is 5.75 Å². The van der Waals surface area contributed by atoms with E-state index in [0.717, 1.165) is 0 Å². The van der Waals surface area contributed by atoms with Crippen LogP contribution in [0.15, 0.2) is 80.8 Å². The second kappa shape index (κ2) is 11.1. The lowest BCUT2D eigenvalue weighted by Gasteiger charge is -2.26. The SMILES string of the molecule is CCOC(=O)C1=C(C)N=c2s/c(=C/[C@@H]3C(=O)N(c4ccccc4)N=C3C)c(=O)n2[C@@H]1c1ccccc1OC(C)C. The van der Waals surface area contributed by atoms with E-state index >= 15 is 0 Å². The van der Waals surface area contributed by atoms with Crippen LogP contribution in [-0.4, -0.2) is 34.9 Å².